The molecule has 2 aliphatic rings. The summed E-state index contributed by atoms with van der Waals surface area (Å²) in [5.41, 5.74) is 1.08. The number of piperidine rings is 1. The maximum atomic E-state index is 5.43. The Kier molecular flexibility index (Phi) is 10.4. The summed E-state index contributed by atoms with van der Waals surface area (Å²) in [4.78, 5) is 13.9. The highest BCUT2D eigenvalue weighted by Crippen LogP contribution is 2.18. The largest absolute Gasteiger partial charge is 0.379 e. The van der Waals surface area contributed by atoms with E-state index in [1.165, 1.54) is 0 Å². The fourth-order valence-electron chi connectivity index (χ4n) is 3.91. The van der Waals surface area contributed by atoms with Crippen molar-refractivity contribution in [3.63, 3.8) is 0 Å². The zero-order valence-corrected chi connectivity index (χ0v) is 20.4. The highest BCUT2D eigenvalue weighted by molar-refractivity contribution is 14.0. The quantitative estimate of drug-likeness (QED) is 0.343. The van der Waals surface area contributed by atoms with E-state index in [0.717, 1.165) is 82.8 Å². The SMILES string of the molecule is CN=C(NCC(C)CN1CCOCC1)NC1CCN(c2cccc(C)n2)CC1.I. The molecule has 1 aromatic rings. The average molecular weight is 516 g/mol. The molecule has 164 valence electrons. The van der Waals surface area contributed by atoms with Gasteiger partial charge < -0.3 is 20.3 Å². The van der Waals surface area contributed by atoms with Crippen molar-refractivity contribution < 1.29 is 4.74 Å². The Morgan fingerprint density at radius 1 is 1.24 bits per heavy atom. The lowest BCUT2D eigenvalue weighted by Gasteiger charge is -2.34. The van der Waals surface area contributed by atoms with Crippen molar-refractivity contribution >= 4 is 35.8 Å². The summed E-state index contributed by atoms with van der Waals surface area (Å²) >= 11 is 0. The predicted octanol–water partition coefficient (Wildman–Crippen LogP) is 2.11. The second-order valence-electron chi connectivity index (χ2n) is 8.01. The van der Waals surface area contributed by atoms with Gasteiger partial charge >= 0.3 is 0 Å². The molecule has 7 nitrogen and oxygen atoms in total. The van der Waals surface area contributed by atoms with Crippen molar-refractivity contribution in [2.75, 3.05) is 64.4 Å². The van der Waals surface area contributed by atoms with E-state index in [4.69, 9.17) is 4.74 Å². The summed E-state index contributed by atoms with van der Waals surface area (Å²) < 4.78 is 5.43. The Morgan fingerprint density at radius 2 is 1.97 bits per heavy atom. The molecule has 8 heteroatoms. The fourth-order valence-corrected chi connectivity index (χ4v) is 3.91. The van der Waals surface area contributed by atoms with Gasteiger partial charge in [0.2, 0.25) is 0 Å². The van der Waals surface area contributed by atoms with E-state index >= 15 is 0 Å². The van der Waals surface area contributed by atoms with Crippen LogP contribution in [0.25, 0.3) is 0 Å². The Balaban J connectivity index is 0.00000300. The molecule has 2 aliphatic heterocycles. The molecule has 0 radical (unpaired) electrons. The first-order valence-corrected chi connectivity index (χ1v) is 10.6. The Labute approximate surface area is 192 Å². The van der Waals surface area contributed by atoms with Crippen molar-refractivity contribution in [2.45, 2.75) is 32.7 Å². The summed E-state index contributed by atoms with van der Waals surface area (Å²) in [7, 11) is 1.85. The summed E-state index contributed by atoms with van der Waals surface area (Å²) in [6.07, 6.45) is 2.19. The zero-order valence-electron chi connectivity index (χ0n) is 18.1. The highest BCUT2D eigenvalue weighted by Gasteiger charge is 2.21. The van der Waals surface area contributed by atoms with Gasteiger partial charge in [-0.25, -0.2) is 4.98 Å². The molecule has 0 aliphatic carbocycles. The fraction of sp³-hybridized carbons (Fsp3) is 0.714. The van der Waals surface area contributed by atoms with Crippen LogP contribution in [-0.4, -0.2) is 81.4 Å². The van der Waals surface area contributed by atoms with Gasteiger partial charge in [0.05, 0.1) is 13.2 Å². The minimum absolute atomic E-state index is 0. The molecule has 0 bridgehead atoms. The number of aryl methyl sites for hydroxylation is 1. The number of aliphatic imine (C=N–C) groups is 1. The molecule has 29 heavy (non-hydrogen) atoms. The number of hydrogen-bond donors (Lipinski definition) is 2. The lowest BCUT2D eigenvalue weighted by atomic mass is 10.1. The third-order valence-electron chi connectivity index (χ3n) is 5.55. The van der Waals surface area contributed by atoms with E-state index in [0.29, 0.717) is 12.0 Å². The number of anilines is 1. The van der Waals surface area contributed by atoms with Crippen LogP contribution in [0.1, 0.15) is 25.5 Å². The van der Waals surface area contributed by atoms with E-state index in [1.807, 2.05) is 20.0 Å². The molecule has 3 rings (SSSR count). The number of ether oxygens (including phenoxy) is 1. The van der Waals surface area contributed by atoms with Gasteiger partial charge in [0.25, 0.3) is 0 Å². The van der Waals surface area contributed by atoms with Gasteiger partial charge in [0.15, 0.2) is 5.96 Å². The van der Waals surface area contributed by atoms with Crippen LogP contribution in [0.3, 0.4) is 0 Å². The third-order valence-corrected chi connectivity index (χ3v) is 5.55. The van der Waals surface area contributed by atoms with Crippen LogP contribution in [0.4, 0.5) is 5.82 Å². The van der Waals surface area contributed by atoms with Gasteiger partial charge in [-0.3, -0.25) is 9.89 Å². The summed E-state index contributed by atoms with van der Waals surface area (Å²) in [6, 6.07) is 6.71. The molecular weight excluding hydrogens is 479 g/mol. The van der Waals surface area contributed by atoms with Crippen LogP contribution in [0.5, 0.6) is 0 Å². The number of hydrogen-bond acceptors (Lipinski definition) is 5. The van der Waals surface area contributed by atoms with Crippen LogP contribution in [0.15, 0.2) is 23.2 Å². The maximum absolute atomic E-state index is 5.43. The number of rotatable bonds is 6. The van der Waals surface area contributed by atoms with Crippen LogP contribution in [0.2, 0.25) is 0 Å². The number of halogens is 1. The van der Waals surface area contributed by atoms with Crippen molar-refractivity contribution in [3.05, 3.63) is 23.9 Å². The number of nitrogens with one attached hydrogen (secondary N) is 2. The van der Waals surface area contributed by atoms with E-state index in [9.17, 15) is 0 Å². The maximum Gasteiger partial charge on any atom is 0.191 e. The van der Waals surface area contributed by atoms with Gasteiger partial charge in [0, 0.05) is 58.1 Å². The van der Waals surface area contributed by atoms with Gasteiger partial charge in [-0.2, -0.15) is 0 Å². The number of guanidine groups is 1. The monoisotopic (exact) mass is 516 g/mol. The highest BCUT2D eigenvalue weighted by atomic mass is 127. The average Bonchev–Trinajstić information content (AvgIpc) is 2.72. The summed E-state index contributed by atoms with van der Waals surface area (Å²) in [5, 5.41) is 7.12. The molecule has 3 heterocycles. The third kappa shape index (κ3) is 7.90. The van der Waals surface area contributed by atoms with Crippen molar-refractivity contribution in [1.82, 2.24) is 20.5 Å². The van der Waals surface area contributed by atoms with E-state index in [-0.39, 0.29) is 24.0 Å². The molecular formula is C21H37IN6O. The number of morpholine rings is 1. The topological polar surface area (TPSA) is 65.0 Å². The lowest BCUT2D eigenvalue weighted by molar-refractivity contribution is 0.0320. The van der Waals surface area contributed by atoms with E-state index < -0.39 is 0 Å². The first-order valence-electron chi connectivity index (χ1n) is 10.6. The molecule has 0 aromatic carbocycles. The van der Waals surface area contributed by atoms with E-state index in [1.54, 1.807) is 0 Å². The Bertz CT molecular complexity index is 629. The summed E-state index contributed by atoms with van der Waals surface area (Å²) in [5.74, 6) is 2.59. The Hall–Kier alpha value is -1.13. The molecule has 2 fully saturated rings. The smallest absolute Gasteiger partial charge is 0.191 e. The molecule has 2 N–H and O–H groups in total. The predicted molar refractivity (Wildman–Crippen MR) is 131 cm³/mol. The molecule has 1 atom stereocenters. The molecule has 1 aromatic heterocycles. The van der Waals surface area contributed by atoms with Crippen molar-refractivity contribution in [3.8, 4) is 0 Å². The van der Waals surface area contributed by atoms with Crippen LogP contribution < -0.4 is 15.5 Å². The first-order chi connectivity index (χ1) is 13.6. The summed E-state index contributed by atoms with van der Waals surface area (Å²) in [6.45, 7) is 12.3. The molecule has 1 unspecified atom stereocenters. The van der Waals surface area contributed by atoms with Gasteiger partial charge in [-0.05, 0) is 37.8 Å². The molecule has 0 amide bonds. The van der Waals surface area contributed by atoms with Gasteiger partial charge in [0.1, 0.15) is 5.82 Å². The standard InChI is InChI=1S/C21H36N6O.HI/c1-17(16-26-11-13-28-14-12-26)15-23-21(22-3)25-19-7-9-27(10-8-19)20-6-4-5-18(2)24-20;/h4-6,17,19H,7-16H2,1-3H3,(H2,22,23,25);1H. The normalized spacial score (nSPS) is 20.1. The first kappa shape index (κ1) is 24.1. The minimum Gasteiger partial charge on any atom is -0.379 e. The van der Waals surface area contributed by atoms with Crippen molar-refractivity contribution in [1.29, 1.82) is 0 Å². The molecule has 2 saturated heterocycles. The van der Waals surface area contributed by atoms with Gasteiger partial charge in [-0.15, -0.1) is 24.0 Å². The second kappa shape index (κ2) is 12.5. The minimum atomic E-state index is 0. The van der Waals surface area contributed by atoms with Gasteiger partial charge in [-0.1, -0.05) is 13.0 Å². The van der Waals surface area contributed by atoms with Crippen LogP contribution in [-0.2, 0) is 4.74 Å². The lowest BCUT2D eigenvalue weighted by Crippen LogP contribution is -2.50. The van der Waals surface area contributed by atoms with Crippen LogP contribution >= 0.6 is 24.0 Å². The number of aromatic nitrogens is 1. The number of nitrogens with zero attached hydrogens (tertiary/aromatic N) is 4. The second-order valence-corrected chi connectivity index (χ2v) is 8.01. The zero-order chi connectivity index (χ0) is 19.8. The number of pyridine rings is 1. The van der Waals surface area contributed by atoms with Crippen LogP contribution in [0, 0.1) is 12.8 Å². The molecule has 0 saturated carbocycles. The van der Waals surface area contributed by atoms with E-state index in [2.05, 4.69) is 49.5 Å². The van der Waals surface area contributed by atoms with Crippen molar-refractivity contribution in [2.24, 2.45) is 10.9 Å². The molecule has 0 spiro atoms. The Morgan fingerprint density at radius 3 is 2.62 bits per heavy atom.